The summed E-state index contributed by atoms with van der Waals surface area (Å²) in [7, 11) is 4.26. The molecule has 0 bridgehead atoms. The Morgan fingerprint density at radius 3 is 3.16 bits per heavy atom. The van der Waals surface area contributed by atoms with Crippen LogP contribution < -0.4 is 11.3 Å². The molecule has 1 aliphatic heterocycles. The van der Waals surface area contributed by atoms with E-state index >= 15 is 0 Å². The van der Waals surface area contributed by atoms with Gasteiger partial charge in [0.05, 0.1) is 5.69 Å². The zero-order valence-electron chi connectivity index (χ0n) is 11.4. The minimum atomic E-state index is -0.323. The van der Waals surface area contributed by atoms with Crippen LogP contribution in [0.4, 0.5) is 0 Å². The fourth-order valence-electron chi connectivity index (χ4n) is 2.50. The van der Waals surface area contributed by atoms with Crippen LogP contribution in [0.2, 0.25) is 0 Å². The van der Waals surface area contributed by atoms with Crippen LogP contribution in [0, 0.1) is 5.92 Å². The van der Waals surface area contributed by atoms with Gasteiger partial charge in [-0.05, 0) is 33.0 Å². The van der Waals surface area contributed by atoms with Gasteiger partial charge in [0.2, 0.25) is 0 Å². The average Bonchev–Trinajstić information content (AvgIpc) is 2.98. The number of thiazole rings is 1. The Morgan fingerprint density at radius 1 is 1.74 bits per heavy atom. The van der Waals surface area contributed by atoms with Gasteiger partial charge in [-0.1, -0.05) is 0 Å². The molecule has 0 aliphatic carbocycles. The maximum absolute atomic E-state index is 11.3. The SMILES string of the molecule is CN1CCC(CN(C)Cc2csc(C(=O)NN)n2)C1. The molecule has 0 radical (unpaired) electrons. The van der Waals surface area contributed by atoms with Crippen molar-refractivity contribution in [3.05, 3.63) is 16.1 Å². The Balaban J connectivity index is 1.83. The summed E-state index contributed by atoms with van der Waals surface area (Å²) in [6, 6.07) is 0. The van der Waals surface area contributed by atoms with Gasteiger partial charge in [-0.25, -0.2) is 10.8 Å². The molecule has 6 nitrogen and oxygen atoms in total. The van der Waals surface area contributed by atoms with E-state index in [0.29, 0.717) is 5.01 Å². The van der Waals surface area contributed by atoms with E-state index in [1.54, 1.807) is 0 Å². The van der Waals surface area contributed by atoms with E-state index in [1.807, 2.05) is 5.38 Å². The normalized spacial score (nSPS) is 20.1. The number of nitrogens with two attached hydrogens (primary N) is 1. The first-order valence-electron chi connectivity index (χ1n) is 6.41. The van der Waals surface area contributed by atoms with Crippen molar-refractivity contribution in [1.82, 2.24) is 20.2 Å². The molecular formula is C12H21N5OS. The summed E-state index contributed by atoms with van der Waals surface area (Å²) in [5.41, 5.74) is 3.03. The summed E-state index contributed by atoms with van der Waals surface area (Å²) in [5.74, 6) is 5.50. The molecule has 1 atom stereocenters. The number of nitrogen functional groups attached to an aromatic ring is 1. The third-order valence-electron chi connectivity index (χ3n) is 3.37. The van der Waals surface area contributed by atoms with Crippen molar-refractivity contribution >= 4 is 17.2 Å². The van der Waals surface area contributed by atoms with Crippen LogP contribution in [-0.2, 0) is 6.54 Å². The van der Waals surface area contributed by atoms with Gasteiger partial charge in [0, 0.05) is 25.0 Å². The van der Waals surface area contributed by atoms with Crippen LogP contribution in [0.15, 0.2) is 5.38 Å². The van der Waals surface area contributed by atoms with Crippen molar-refractivity contribution in [2.45, 2.75) is 13.0 Å². The monoisotopic (exact) mass is 283 g/mol. The van der Waals surface area contributed by atoms with Crippen molar-refractivity contribution in [3.8, 4) is 0 Å². The molecule has 7 heteroatoms. The molecule has 1 amide bonds. The third kappa shape index (κ3) is 3.97. The van der Waals surface area contributed by atoms with E-state index in [4.69, 9.17) is 5.84 Å². The first-order valence-corrected chi connectivity index (χ1v) is 7.29. The van der Waals surface area contributed by atoms with Gasteiger partial charge in [0.25, 0.3) is 5.91 Å². The molecule has 0 spiro atoms. The fourth-order valence-corrected chi connectivity index (χ4v) is 3.21. The molecule has 2 rings (SSSR count). The Hall–Kier alpha value is -1.02. The van der Waals surface area contributed by atoms with Crippen molar-refractivity contribution in [2.24, 2.45) is 11.8 Å². The number of carbonyl (C=O) groups excluding carboxylic acids is 1. The lowest BCUT2D eigenvalue weighted by molar-refractivity contribution is 0.0953. The van der Waals surface area contributed by atoms with Gasteiger partial charge in [-0.15, -0.1) is 11.3 Å². The molecule has 19 heavy (non-hydrogen) atoms. The second-order valence-electron chi connectivity index (χ2n) is 5.23. The number of carbonyl (C=O) groups is 1. The Bertz CT molecular complexity index is 436. The standard InChI is InChI=1S/C12H21N5OS/c1-16-4-3-9(5-16)6-17(2)7-10-8-19-12(14-10)11(18)15-13/h8-9H,3-7,13H2,1-2H3,(H,15,18). The zero-order chi connectivity index (χ0) is 13.8. The highest BCUT2D eigenvalue weighted by Crippen LogP contribution is 2.17. The summed E-state index contributed by atoms with van der Waals surface area (Å²) in [4.78, 5) is 20.2. The molecule has 1 fully saturated rings. The van der Waals surface area contributed by atoms with Crippen LogP contribution in [0.5, 0.6) is 0 Å². The Morgan fingerprint density at radius 2 is 2.53 bits per heavy atom. The van der Waals surface area contributed by atoms with Crippen molar-refractivity contribution in [2.75, 3.05) is 33.7 Å². The third-order valence-corrected chi connectivity index (χ3v) is 4.26. The second kappa shape index (κ2) is 6.42. The predicted molar refractivity (Wildman–Crippen MR) is 75.7 cm³/mol. The predicted octanol–water partition coefficient (Wildman–Crippen LogP) is 0.130. The molecule has 1 saturated heterocycles. The van der Waals surface area contributed by atoms with Gasteiger partial charge in [0.15, 0.2) is 5.01 Å². The van der Waals surface area contributed by atoms with Crippen LogP contribution in [0.25, 0.3) is 0 Å². The summed E-state index contributed by atoms with van der Waals surface area (Å²) in [6.07, 6.45) is 1.26. The van der Waals surface area contributed by atoms with Gasteiger partial charge < -0.3 is 9.80 Å². The number of hydrazine groups is 1. The average molecular weight is 283 g/mol. The van der Waals surface area contributed by atoms with Gasteiger partial charge in [-0.2, -0.15) is 0 Å². The van der Waals surface area contributed by atoms with E-state index in [-0.39, 0.29) is 5.91 Å². The number of amides is 1. The highest BCUT2D eigenvalue weighted by Gasteiger charge is 2.21. The minimum Gasteiger partial charge on any atom is -0.306 e. The van der Waals surface area contributed by atoms with Crippen molar-refractivity contribution < 1.29 is 4.79 Å². The number of aromatic nitrogens is 1. The zero-order valence-corrected chi connectivity index (χ0v) is 12.2. The quantitative estimate of drug-likeness (QED) is 0.456. The van der Waals surface area contributed by atoms with Crippen LogP contribution >= 0.6 is 11.3 Å². The molecule has 0 saturated carbocycles. The molecule has 2 heterocycles. The molecular weight excluding hydrogens is 262 g/mol. The minimum absolute atomic E-state index is 0.323. The second-order valence-corrected chi connectivity index (χ2v) is 6.09. The number of hydrogen-bond acceptors (Lipinski definition) is 6. The Labute approximate surface area is 117 Å². The number of hydrogen-bond donors (Lipinski definition) is 2. The molecule has 106 valence electrons. The lowest BCUT2D eigenvalue weighted by atomic mass is 10.1. The van der Waals surface area contributed by atoms with Crippen LogP contribution in [0.1, 0.15) is 21.9 Å². The fraction of sp³-hybridized carbons (Fsp3) is 0.667. The first kappa shape index (κ1) is 14.4. The number of likely N-dealkylation sites (tertiary alicyclic amines) is 1. The lowest BCUT2D eigenvalue weighted by Gasteiger charge is -2.19. The first-order chi connectivity index (χ1) is 9.08. The van der Waals surface area contributed by atoms with Gasteiger partial charge in [0.1, 0.15) is 0 Å². The van der Waals surface area contributed by atoms with Gasteiger partial charge >= 0.3 is 0 Å². The Kier molecular flexibility index (Phi) is 4.87. The molecule has 1 aromatic heterocycles. The molecule has 1 aliphatic rings. The lowest BCUT2D eigenvalue weighted by Crippen LogP contribution is -2.30. The van der Waals surface area contributed by atoms with E-state index < -0.39 is 0 Å². The van der Waals surface area contributed by atoms with Crippen LogP contribution in [0.3, 0.4) is 0 Å². The van der Waals surface area contributed by atoms with Crippen LogP contribution in [-0.4, -0.2) is 54.4 Å². The van der Waals surface area contributed by atoms with Crippen molar-refractivity contribution in [1.29, 1.82) is 0 Å². The van der Waals surface area contributed by atoms with Crippen molar-refractivity contribution in [3.63, 3.8) is 0 Å². The molecule has 1 unspecified atom stereocenters. The van der Waals surface area contributed by atoms with E-state index in [9.17, 15) is 4.79 Å². The smallest absolute Gasteiger partial charge is 0.294 e. The summed E-state index contributed by atoms with van der Waals surface area (Å²) < 4.78 is 0. The summed E-state index contributed by atoms with van der Waals surface area (Å²) >= 11 is 1.33. The van der Waals surface area contributed by atoms with E-state index in [1.165, 1.54) is 30.8 Å². The topological polar surface area (TPSA) is 74.5 Å². The maximum atomic E-state index is 11.3. The maximum Gasteiger partial charge on any atom is 0.294 e. The summed E-state index contributed by atoms with van der Waals surface area (Å²) in [6.45, 7) is 4.20. The van der Waals surface area contributed by atoms with E-state index in [2.05, 4.69) is 34.3 Å². The molecule has 0 aromatic carbocycles. The highest BCUT2D eigenvalue weighted by molar-refractivity contribution is 7.11. The molecule has 1 aromatic rings. The molecule has 3 N–H and O–H groups in total. The highest BCUT2D eigenvalue weighted by atomic mass is 32.1. The summed E-state index contributed by atoms with van der Waals surface area (Å²) in [5, 5.41) is 2.34. The largest absolute Gasteiger partial charge is 0.306 e. The van der Waals surface area contributed by atoms with E-state index in [0.717, 1.165) is 24.7 Å². The number of nitrogens with zero attached hydrogens (tertiary/aromatic N) is 3. The number of rotatable bonds is 5. The number of nitrogens with one attached hydrogen (secondary N) is 1. The van der Waals surface area contributed by atoms with Gasteiger partial charge in [-0.3, -0.25) is 10.2 Å².